The van der Waals surface area contributed by atoms with Gasteiger partial charge in [-0.2, -0.15) is 11.3 Å². The molecule has 0 aromatic carbocycles. The lowest BCUT2D eigenvalue weighted by Crippen LogP contribution is -2.11. The fourth-order valence-electron chi connectivity index (χ4n) is 1.45. The lowest BCUT2D eigenvalue weighted by molar-refractivity contribution is 0.658. The summed E-state index contributed by atoms with van der Waals surface area (Å²) < 4.78 is 0. The lowest BCUT2D eigenvalue weighted by atomic mass is 10.2. The molecule has 0 spiro atoms. The van der Waals surface area contributed by atoms with Crippen LogP contribution in [0, 0.1) is 6.92 Å². The number of thiophene rings is 1. The SMILES string of the molecule is CNC(C)c1sc(-c2ccsc2)nc1C. The van der Waals surface area contributed by atoms with Crippen LogP contribution in [0.1, 0.15) is 23.5 Å². The standard InChI is InChI=1S/C11H14N2S2/c1-7(12-3)10-8(2)13-11(15-10)9-4-5-14-6-9/h4-7,12H,1-3H3. The van der Waals surface area contributed by atoms with Gasteiger partial charge in [0.2, 0.25) is 0 Å². The van der Waals surface area contributed by atoms with E-state index in [2.05, 4.69) is 41.0 Å². The summed E-state index contributed by atoms with van der Waals surface area (Å²) in [6, 6.07) is 2.51. The van der Waals surface area contributed by atoms with Crippen LogP contribution < -0.4 is 5.32 Å². The first-order valence-corrected chi connectivity index (χ1v) is 6.65. The van der Waals surface area contributed by atoms with E-state index in [1.54, 1.807) is 22.7 Å². The van der Waals surface area contributed by atoms with Crippen LogP contribution >= 0.6 is 22.7 Å². The van der Waals surface area contributed by atoms with Gasteiger partial charge in [0, 0.05) is 21.9 Å². The van der Waals surface area contributed by atoms with Crippen molar-refractivity contribution in [3.05, 3.63) is 27.4 Å². The van der Waals surface area contributed by atoms with Crippen LogP contribution in [0.2, 0.25) is 0 Å². The molecule has 2 aromatic heterocycles. The van der Waals surface area contributed by atoms with Gasteiger partial charge < -0.3 is 5.32 Å². The number of thiazole rings is 1. The molecule has 2 nitrogen and oxygen atoms in total. The molecule has 0 bridgehead atoms. The Morgan fingerprint density at radius 1 is 1.47 bits per heavy atom. The van der Waals surface area contributed by atoms with Gasteiger partial charge >= 0.3 is 0 Å². The summed E-state index contributed by atoms with van der Waals surface area (Å²) >= 11 is 3.50. The molecule has 1 atom stereocenters. The maximum Gasteiger partial charge on any atom is 0.124 e. The van der Waals surface area contributed by atoms with Gasteiger partial charge in [-0.15, -0.1) is 11.3 Å². The van der Waals surface area contributed by atoms with Crippen LogP contribution in [0.4, 0.5) is 0 Å². The molecular formula is C11H14N2S2. The highest BCUT2D eigenvalue weighted by Gasteiger charge is 2.13. The van der Waals surface area contributed by atoms with Gasteiger partial charge in [0.15, 0.2) is 0 Å². The van der Waals surface area contributed by atoms with E-state index in [1.165, 1.54) is 10.4 Å². The van der Waals surface area contributed by atoms with Crippen molar-refractivity contribution in [3.8, 4) is 10.6 Å². The minimum atomic E-state index is 0.384. The average Bonchev–Trinajstić information content (AvgIpc) is 2.84. The fourth-order valence-corrected chi connectivity index (χ4v) is 3.29. The molecule has 0 radical (unpaired) electrons. The topological polar surface area (TPSA) is 24.9 Å². The summed E-state index contributed by atoms with van der Waals surface area (Å²) in [7, 11) is 1.98. The predicted octanol–water partition coefficient (Wildman–Crippen LogP) is 3.46. The highest BCUT2D eigenvalue weighted by molar-refractivity contribution is 7.15. The van der Waals surface area contributed by atoms with Crippen LogP contribution in [0.25, 0.3) is 10.6 Å². The van der Waals surface area contributed by atoms with Crippen molar-refractivity contribution in [2.75, 3.05) is 7.05 Å². The highest BCUT2D eigenvalue weighted by atomic mass is 32.1. The summed E-state index contributed by atoms with van der Waals surface area (Å²) in [6.45, 7) is 4.24. The molecule has 4 heteroatoms. The van der Waals surface area contributed by atoms with Gasteiger partial charge in [-0.1, -0.05) is 0 Å². The zero-order valence-corrected chi connectivity index (χ0v) is 10.7. The van der Waals surface area contributed by atoms with E-state index in [4.69, 9.17) is 0 Å². The van der Waals surface area contributed by atoms with Gasteiger partial charge in [0.05, 0.1) is 5.69 Å². The fraction of sp³-hybridized carbons (Fsp3) is 0.364. The Hall–Kier alpha value is -0.710. The van der Waals surface area contributed by atoms with E-state index < -0.39 is 0 Å². The van der Waals surface area contributed by atoms with Gasteiger partial charge in [0.25, 0.3) is 0 Å². The minimum absolute atomic E-state index is 0.384. The van der Waals surface area contributed by atoms with E-state index in [-0.39, 0.29) is 0 Å². The number of aryl methyl sites for hydroxylation is 1. The van der Waals surface area contributed by atoms with E-state index in [9.17, 15) is 0 Å². The Labute approximate surface area is 98.0 Å². The highest BCUT2D eigenvalue weighted by Crippen LogP contribution is 2.32. The first-order valence-electron chi connectivity index (χ1n) is 4.89. The Bertz CT molecular complexity index is 431. The number of rotatable bonds is 3. The molecule has 1 N–H and O–H groups in total. The van der Waals surface area contributed by atoms with E-state index in [0.29, 0.717) is 6.04 Å². The van der Waals surface area contributed by atoms with Crippen molar-refractivity contribution < 1.29 is 0 Å². The second-order valence-corrected chi connectivity index (χ2v) is 5.30. The summed E-state index contributed by atoms with van der Waals surface area (Å²) in [6.07, 6.45) is 0. The Kier molecular flexibility index (Phi) is 3.19. The first kappa shape index (κ1) is 10.8. The molecular weight excluding hydrogens is 224 g/mol. The third-order valence-corrected chi connectivity index (χ3v) is 4.50. The largest absolute Gasteiger partial charge is 0.312 e. The lowest BCUT2D eigenvalue weighted by Gasteiger charge is -2.06. The van der Waals surface area contributed by atoms with Gasteiger partial charge in [-0.3, -0.25) is 0 Å². The number of hydrogen-bond donors (Lipinski definition) is 1. The molecule has 0 fully saturated rings. The average molecular weight is 238 g/mol. The zero-order valence-electron chi connectivity index (χ0n) is 9.07. The second kappa shape index (κ2) is 4.43. The van der Waals surface area contributed by atoms with Crippen molar-refractivity contribution in [1.29, 1.82) is 0 Å². The minimum Gasteiger partial charge on any atom is -0.312 e. The van der Waals surface area contributed by atoms with Gasteiger partial charge in [0.1, 0.15) is 5.01 Å². The molecule has 0 saturated carbocycles. The molecule has 2 rings (SSSR count). The summed E-state index contributed by atoms with van der Waals surface area (Å²) in [5.41, 5.74) is 2.38. The number of nitrogens with one attached hydrogen (secondary N) is 1. The summed E-state index contributed by atoms with van der Waals surface area (Å²) in [5, 5.41) is 8.62. The Balaban J connectivity index is 2.37. The molecule has 15 heavy (non-hydrogen) atoms. The van der Waals surface area contributed by atoms with Crippen LogP contribution in [0.15, 0.2) is 16.8 Å². The third kappa shape index (κ3) is 2.12. The van der Waals surface area contributed by atoms with Crippen molar-refractivity contribution in [2.24, 2.45) is 0 Å². The van der Waals surface area contributed by atoms with E-state index in [0.717, 1.165) is 10.7 Å². The van der Waals surface area contributed by atoms with Crippen molar-refractivity contribution in [3.63, 3.8) is 0 Å². The maximum absolute atomic E-state index is 4.61. The normalized spacial score (nSPS) is 13.0. The number of hydrogen-bond acceptors (Lipinski definition) is 4. The maximum atomic E-state index is 4.61. The van der Waals surface area contributed by atoms with Crippen LogP contribution in [0.5, 0.6) is 0 Å². The molecule has 80 valence electrons. The molecule has 0 aliphatic carbocycles. The number of nitrogens with zero attached hydrogens (tertiary/aromatic N) is 1. The Morgan fingerprint density at radius 3 is 2.87 bits per heavy atom. The van der Waals surface area contributed by atoms with Crippen molar-refractivity contribution >= 4 is 22.7 Å². The van der Waals surface area contributed by atoms with Gasteiger partial charge in [-0.25, -0.2) is 4.98 Å². The van der Waals surface area contributed by atoms with Crippen LogP contribution in [-0.4, -0.2) is 12.0 Å². The number of aromatic nitrogens is 1. The third-order valence-electron chi connectivity index (χ3n) is 2.43. The zero-order chi connectivity index (χ0) is 10.8. The summed E-state index contributed by atoms with van der Waals surface area (Å²) in [4.78, 5) is 5.94. The molecule has 2 aromatic rings. The second-order valence-electron chi connectivity index (χ2n) is 3.49. The molecule has 0 aliphatic rings. The van der Waals surface area contributed by atoms with Crippen LogP contribution in [-0.2, 0) is 0 Å². The monoisotopic (exact) mass is 238 g/mol. The molecule has 0 aliphatic heterocycles. The molecule has 0 amide bonds. The predicted molar refractivity (Wildman–Crippen MR) is 67.6 cm³/mol. The smallest absolute Gasteiger partial charge is 0.124 e. The van der Waals surface area contributed by atoms with Gasteiger partial charge in [-0.05, 0) is 32.3 Å². The first-order chi connectivity index (χ1) is 7.22. The van der Waals surface area contributed by atoms with E-state index in [1.807, 2.05) is 7.05 Å². The summed E-state index contributed by atoms with van der Waals surface area (Å²) in [5.74, 6) is 0. The van der Waals surface area contributed by atoms with Crippen LogP contribution in [0.3, 0.4) is 0 Å². The molecule has 1 unspecified atom stereocenters. The van der Waals surface area contributed by atoms with Crippen molar-refractivity contribution in [1.82, 2.24) is 10.3 Å². The quantitative estimate of drug-likeness (QED) is 0.885. The Morgan fingerprint density at radius 2 is 2.27 bits per heavy atom. The molecule has 2 heterocycles. The van der Waals surface area contributed by atoms with E-state index >= 15 is 0 Å². The van der Waals surface area contributed by atoms with Crippen molar-refractivity contribution in [2.45, 2.75) is 19.9 Å². The molecule has 0 saturated heterocycles.